The van der Waals surface area contributed by atoms with Crippen molar-refractivity contribution in [1.29, 1.82) is 0 Å². The Labute approximate surface area is 92.5 Å². The Hall–Kier alpha value is -2.35. The highest BCUT2D eigenvalue weighted by Gasteiger charge is 2.12. The number of pyridine rings is 1. The summed E-state index contributed by atoms with van der Waals surface area (Å²) in [5.41, 5.74) is -0.0449. The minimum Gasteiger partial charge on any atom is -0.478 e. The van der Waals surface area contributed by atoms with Crippen molar-refractivity contribution >= 4 is 17.7 Å². The van der Waals surface area contributed by atoms with Crippen LogP contribution in [0.5, 0.6) is 0 Å². The van der Waals surface area contributed by atoms with Crippen molar-refractivity contribution in [1.82, 2.24) is 4.98 Å². The van der Waals surface area contributed by atoms with Crippen LogP contribution in [0.2, 0.25) is 0 Å². The summed E-state index contributed by atoms with van der Waals surface area (Å²) >= 11 is 0. The van der Waals surface area contributed by atoms with Gasteiger partial charge in [-0.1, -0.05) is 0 Å². The molecule has 0 radical (unpaired) electrons. The van der Waals surface area contributed by atoms with Crippen molar-refractivity contribution in [2.45, 2.75) is 12.8 Å². The summed E-state index contributed by atoms with van der Waals surface area (Å²) in [4.78, 5) is 25.9. The first-order valence-electron chi connectivity index (χ1n) is 4.56. The van der Waals surface area contributed by atoms with E-state index >= 15 is 0 Å². The van der Waals surface area contributed by atoms with Gasteiger partial charge >= 0.3 is 5.97 Å². The van der Waals surface area contributed by atoms with Crippen LogP contribution in [-0.4, -0.2) is 22.0 Å². The van der Waals surface area contributed by atoms with Crippen molar-refractivity contribution in [2.24, 2.45) is 0 Å². The zero-order valence-electron chi connectivity index (χ0n) is 8.43. The topological polar surface area (TPSA) is 79.3 Å². The van der Waals surface area contributed by atoms with Crippen LogP contribution in [0, 0.1) is 12.3 Å². The molecule has 0 aliphatic heterocycles. The van der Waals surface area contributed by atoms with Gasteiger partial charge in [0, 0.05) is 19.0 Å². The molecule has 1 aromatic heterocycles. The fraction of sp³-hybridized carbons (Fsp3) is 0.182. The van der Waals surface area contributed by atoms with Crippen LogP contribution in [0.25, 0.3) is 0 Å². The Balaban J connectivity index is 2.77. The third-order valence-corrected chi connectivity index (χ3v) is 1.79. The third-order valence-electron chi connectivity index (χ3n) is 1.79. The fourth-order valence-electron chi connectivity index (χ4n) is 1.06. The molecule has 0 fully saturated rings. The molecule has 0 spiro atoms. The number of carboxylic acid groups (broad SMARTS) is 1. The smallest absolute Gasteiger partial charge is 0.339 e. The van der Waals surface area contributed by atoms with E-state index in [9.17, 15) is 9.59 Å². The van der Waals surface area contributed by atoms with Crippen LogP contribution >= 0.6 is 0 Å². The van der Waals surface area contributed by atoms with Crippen molar-refractivity contribution in [3.05, 3.63) is 23.9 Å². The average Bonchev–Trinajstić information content (AvgIpc) is 2.27. The molecule has 1 rings (SSSR count). The maximum atomic E-state index is 11.3. The molecular weight excluding hydrogens is 208 g/mol. The summed E-state index contributed by atoms with van der Waals surface area (Å²) < 4.78 is 0. The van der Waals surface area contributed by atoms with Crippen molar-refractivity contribution in [3.63, 3.8) is 0 Å². The van der Waals surface area contributed by atoms with Gasteiger partial charge in [-0.15, -0.1) is 12.3 Å². The highest BCUT2D eigenvalue weighted by atomic mass is 16.4. The predicted octanol–water partition coefficient (Wildman–Crippen LogP) is 1.13. The van der Waals surface area contributed by atoms with E-state index in [0.717, 1.165) is 0 Å². The van der Waals surface area contributed by atoms with Crippen LogP contribution in [0.15, 0.2) is 18.3 Å². The number of aromatic nitrogens is 1. The van der Waals surface area contributed by atoms with Gasteiger partial charge in [0.2, 0.25) is 5.91 Å². The lowest BCUT2D eigenvalue weighted by Gasteiger charge is -2.05. The number of anilines is 1. The van der Waals surface area contributed by atoms with Gasteiger partial charge in [-0.2, -0.15) is 0 Å². The molecule has 1 heterocycles. The summed E-state index contributed by atoms with van der Waals surface area (Å²) in [6.07, 6.45) is 6.87. The second kappa shape index (κ2) is 5.51. The monoisotopic (exact) mass is 218 g/mol. The number of hydrogen-bond acceptors (Lipinski definition) is 3. The van der Waals surface area contributed by atoms with E-state index in [2.05, 4.69) is 16.2 Å². The van der Waals surface area contributed by atoms with E-state index < -0.39 is 5.97 Å². The molecule has 0 unspecified atom stereocenters. The van der Waals surface area contributed by atoms with E-state index in [4.69, 9.17) is 11.5 Å². The molecule has 1 amide bonds. The van der Waals surface area contributed by atoms with Gasteiger partial charge in [-0.05, 0) is 12.1 Å². The first-order valence-corrected chi connectivity index (χ1v) is 4.56. The van der Waals surface area contributed by atoms with Gasteiger partial charge in [0.05, 0.1) is 0 Å². The lowest BCUT2D eigenvalue weighted by Crippen LogP contribution is -2.15. The number of carbonyl (C=O) groups is 2. The van der Waals surface area contributed by atoms with Crippen LogP contribution in [0.4, 0.5) is 5.82 Å². The molecule has 0 aliphatic carbocycles. The summed E-state index contributed by atoms with van der Waals surface area (Å²) in [5.74, 6) is 0.877. The van der Waals surface area contributed by atoms with Crippen LogP contribution in [0.1, 0.15) is 23.2 Å². The fourth-order valence-corrected chi connectivity index (χ4v) is 1.06. The van der Waals surface area contributed by atoms with Gasteiger partial charge in [0.1, 0.15) is 11.4 Å². The molecule has 5 nitrogen and oxygen atoms in total. The summed E-state index contributed by atoms with van der Waals surface area (Å²) in [5, 5.41) is 11.2. The number of amides is 1. The minimum atomic E-state index is -1.14. The molecule has 16 heavy (non-hydrogen) atoms. The number of nitrogens with one attached hydrogen (secondary N) is 1. The largest absolute Gasteiger partial charge is 0.478 e. The second-order valence-corrected chi connectivity index (χ2v) is 2.96. The van der Waals surface area contributed by atoms with Crippen molar-refractivity contribution < 1.29 is 14.7 Å². The first-order chi connectivity index (χ1) is 7.65. The quantitative estimate of drug-likeness (QED) is 0.742. The van der Waals surface area contributed by atoms with E-state index in [1.807, 2.05) is 0 Å². The number of terminal acetylenes is 1. The summed E-state index contributed by atoms with van der Waals surface area (Å²) in [6.45, 7) is 0. The Morgan fingerprint density at radius 1 is 1.56 bits per heavy atom. The zero-order valence-corrected chi connectivity index (χ0v) is 8.43. The normalized spacial score (nSPS) is 9.19. The second-order valence-electron chi connectivity index (χ2n) is 2.96. The molecule has 1 aromatic rings. The molecule has 0 saturated heterocycles. The van der Waals surface area contributed by atoms with Crippen molar-refractivity contribution in [2.75, 3.05) is 5.32 Å². The van der Waals surface area contributed by atoms with E-state index in [-0.39, 0.29) is 23.7 Å². The van der Waals surface area contributed by atoms with E-state index in [1.165, 1.54) is 18.3 Å². The highest BCUT2D eigenvalue weighted by Crippen LogP contribution is 2.11. The van der Waals surface area contributed by atoms with Gasteiger partial charge in [0.25, 0.3) is 0 Å². The van der Waals surface area contributed by atoms with Gasteiger partial charge < -0.3 is 10.4 Å². The Morgan fingerprint density at radius 2 is 2.31 bits per heavy atom. The molecular formula is C11H10N2O3. The Kier molecular flexibility index (Phi) is 4.04. The predicted molar refractivity (Wildman–Crippen MR) is 57.9 cm³/mol. The lowest BCUT2D eigenvalue weighted by molar-refractivity contribution is -0.116. The van der Waals surface area contributed by atoms with Gasteiger partial charge in [0.15, 0.2) is 0 Å². The number of aromatic carboxylic acids is 1. The lowest BCUT2D eigenvalue weighted by atomic mass is 10.2. The number of carboxylic acids is 1. The number of nitrogens with zero attached hydrogens (tertiary/aromatic N) is 1. The van der Waals surface area contributed by atoms with Gasteiger partial charge in [-0.25, -0.2) is 9.78 Å². The van der Waals surface area contributed by atoms with E-state index in [1.54, 1.807) is 0 Å². The third kappa shape index (κ3) is 3.10. The molecule has 0 bridgehead atoms. The number of rotatable bonds is 4. The van der Waals surface area contributed by atoms with Crippen molar-refractivity contribution in [3.8, 4) is 12.3 Å². The molecule has 2 N–H and O–H groups in total. The van der Waals surface area contributed by atoms with Crippen LogP contribution < -0.4 is 5.32 Å². The average molecular weight is 218 g/mol. The highest BCUT2D eigenvalue weighted by molar-refractivity contribution is 5.99. The minimum absolute atomic E-state index is 0.0389. The maximum Gasteiger partial charge on any atom is 0.339 e. The SMILES string of the molecule is C#CCCC(=O)Nc1ncccc1C(=O)O. The zero-order chi connectivity index (χ0) is 12.0. The Morgan fingerprint density at radius 3 is 2.94 bits per heavy atom. The first kappa shape index (κ1) is 11.7. The van der Waals surface area contributed by atoms with E-state index in [0.29, 0.717) is 6.42 Å². The summed E-state index contributed by atoms with van der Waals surface area (Å²) in [7, 11) is 0. The molecule has 5 heteroatoms. The summed E-state index contributed by atoms with van der Waals surface area (Å²) in [6, 6.07) is 2.85. The molecule has 82 valence electrons. The number of carbonyl (C=O) groups excluding carboxylic acids is 1. The van der Waals surface area contributed by atoms with Crippen LogP contribution in [-0.2, 0) is 4.79 Å². The standard InChI is InChI=1S/C11H10N2O3/c1-2-3-6-9(14)13-10-8(11(15)16)5-4-7-12-10/h1,4-5,7H,3,6H2,(H,15,16)(H,12,13,14). The molecule has 0 aromatic carbocycles. The molecule has 0 atom stereocenters. The van der Waals surface area contributed by atoms with Crippen LogP contribution in [0.3, 0.4) is 0 Å². The maximum absolute atomic E-state index is 11.3. The Bertz CT molecular complexity index is 449. The molecule has 0 aliphatic rings. The molecule has 0 saturated carbocycles. The van der Waals surface area contributed by atoms with Gasteiger partial charge in [-0.3, -0.25) is 4.79 Å². The number of hydrogen-bond donors (Lipinski definition) is 2.